The topological polar surface area (TPSA) is 46.5 Å². The molecule has 114 valence electrons. The number of aliphatic carboxylic acids is 1. The first kappa shape index (κ1) is 17.0. The minimum absolute atomic E-state index is 0.335. The van der Waals surface area contributed by atoms with Gasteiger partial charge in [0.2, 0.25) is 0 Å². The second-order valence-electron chi connectivity index (χ2n) is 5.74. The third-order valence-corrected chi connectivity index (χ3v) is 4.49. The van der Waals surface area contributed by atoms with E-state index in [0.29, 0.717) is 12.2 Å². The quantitative estimate of drug-likeness (QED) is 0.768. The Bertz CT molecular complexity index is 562. The number of rotatable bonds is 7. The average molecular weight is 288 g/mol. The van der Waals surface area contributed by atoms with E-state index in [1.807, 2.05) is 32.0 Å². The van der Waals surface area contributed by atoms with Crippen molar-refractivity contribution in [2.45, 2.75) is 32.6 Å². The van der Waals surface area contributed by atoms with Gasteiger partial charge in [-0.25, -0.2) is 0 Å². The van der Waals surface area contributed by atoms with Crippen LogP contribution in [0.25, 0.3) is 0 Å². The molecule has 0 aliphatic heterocycles. The van der Waals surface area contributed by atoms with Crippen LogP contribution in [0.15, 0.2) is 43.5 Å². The number of carbonyl (C=O) groups is 1. The Kier molecular flexibility index (Phi) is 5.00. The molecular formula is C18H24O3. The van der Waals surface area contributed by atoms with Gasteiger partial charge >= 0.3 is 5.97 Å². The molecule has 0 aliphatic carbocycles. The highest BCUT2D eigenvalue weighted by Crippen LogP contribution is 2.48. The first-order valence-electron chi connectivity index (χ1n) is 6.90. The van der Waals surface area contributed by atoms with E-state index in [4.69, 9.17) is 4.74 Å². The molecule has 0 bridgehead atoms. The molecule has 1 N–H and O–H groups in total. The second kappa shape index (κ2) is 6.17. The minimum atomic E-state index is -1.06. The number of ether oxygens (including phenoxy) is 1. The maximum atomic E-state index is 11.9. The molecule has 1 aromatic rings. The van der Waals surface area contributed by atoms with Crippen LogP contribution in [-0.2, 0) is 10.2 Å². The molecule has 0 saturated carbocycles. The zero-order valence-corrected chi connectivity index (χ0v) is 13.3. The third kappa shape index (κ3) is 2.73. The normalized spacial score (nSPS) is 16.4. The number of benzene rings is 1. The molecule has 0 saturated heterocycles. The molecule has 1 unspecified atom stereocenters. The molecule has 0 radical (unpaired) electrons. The Hall–Kier alpha value is -2.03. The molecule has 21 heavy (non-hydrogen) atoms. The van der Waals surface area contributed by atoms with Gasteiger partial charge in [-0.2, -0.15) is 0 Å². The summed E-state index contributed by atoms with van der Waals surface area (Å²) in [5.74, 6) is -0.215. The van der Waals surface area contributed by atoms with Crippen LogP contribution in [0, 0.1) is 12.3 Å². The van der Waals surface area contributed by atoms with Crippen LogP contribution in [-0.4, -0.2) is 18.2 Å². The standard InChI is InChI=1S/C18H24O3/c1-7-11-18(5,16(19)20)17(4,8-2)14-12-13(3)9-10-15(14)21-6/h7-10,12H,1-2,11H2,3-6H3,(H,19,20)/t17-,18?/m1/s1. The molecule has 0 spiro atoms. The van der Waals surface area contributed by atoms with Gasteiger partial charge in [-0.3, -0.25) is 4.79 Å². The van der Waals surface area contributed by atoms with Crippen LogP contribution in [0.4, 0.5) is 0 Å². The highest BCUT2D eigenvalue weighted by molar-refractivity contribution is 5.78. The molecule has 3 nitrogen and oxygen atoms in total. The first-order valence-corrected chi connectivity index (χ1v) is 6.90. The van der Waals surface area contributed by atoms with Crippen LogP contribution >= 0.6 is 0 Å². The van der Waals surface area contributed by atoms with Crippen LogP contribution in [0.5, 0.6) is 5.75 Å². The Morgan fingerprint density at radius 1 is 1.38 bits per heavy atom. The number of hydrogen-bond donors (Lipinski definition) is 1. The summed E-state index contributed by atoms with van der Waals surface area (Å²) >= 11 is 0. The highest BCUT2D eigenvalue weighted by atomic mass is 16.5. The van der Waals surface area contributed by atoms with E-state index in [1.54, 1.807) is 26.2 Å². The van der Waals surface area contributed by atoms with E-state index < -0.39 is 16.8 Å². The zero-order valence-electron chi connectivity index (χ0n) is 13.3. The van der Waals surface area contributed by atoms with Crippen molar-refractivity contribution in [3.05, 3.63) is 54.6 Å². The maximum Gasteiger partial charge on any atom is 0.310 e. The fourth-order valence-corrected chi connectivity index (χ4v) is 2.67. The summed E-state index contributed by atoms with van der Waals surface area (Å²) in [4.78, 5) is 11.9. The van der Waals surface area contributed by atoms with Gasteiger partial charge in [-0.1, -0.05) is 36.8 Å². The van der Waals surface area contributed by atoms with Crippen molar-refractivity contribution in [3.63, 3.8) is 0 Å². The van der Waals surface area contributed by atoms with Gasteiger partial charge in [0.05, 0.1) is 12.5 Å². The second-order valence-corrected chi connectivity index (χ2v) is 5.74. The fraction of sp³-hybridized carbons (Fsp3) is 0.389. The molecule has 0 amide bonds. The van der Waals surface area contributed by atoms with Crippen LogP contribution < -0.4 is 4.74 Å². The average Bonchev–Trinajstić information content (AvgIpc) is 2.46. The summed E-state index contributed by atoms with van der Waals surface area (Å²) in [5, 5.41) is 9.79. The fourth-order valence-electron chi connectivity index (χ4n) is 2.67. The first-order chi connectivity index (χ1) is 9.76. The predicted octanol–water partition coefficient (Wildman–Crippen LogP) is 4.11. The smallest absolute Gasteiger partial charge is 0.310 e. The number of allylic oxidation sites excluding steroid dienone is 2. The number of carboxylic acids is 1. The molecular weight excluding hydrogens is 264 g/mol. The van der Waals surface area contributed by atoms with Crippen molar-refractivity contribution in [2.24, 2.45) is 5.41 Å². The van der Waals surface area contributed by atoms with Gasteiger partial charge in [0.15, 0.2) is 0 Å². The third-order valence-electron chi connectivity index (χ3n) is 4.49. The van der Waals surface area contributed by atoms with E-state index >= 15 is 0 Å². The van der Waals surface area contributed by atoms with E-state index in [2.05, 4.69) is 13.2 Å². The van der Waals surface area contributed by atoms with Gasteiger partial charge in [0.1, 0.15) is 5.75 Å². The van der Waals surface area contributed by atoms with Gasteiger partial charge in [-0.05, 0) is 26.3 Å². The molecule has 3 heteroatoms. The van der Waals surface area contributed by atoms with Gasteiger partial charge in [0.25, 0.3) is 0 Å². The monoisotopic (exact) mass is 288 g/mol. The summed E-state index contributed by atoms with van der Waals surface area (Å²) in [6, 6.07) is 5.77. The summed E-state index contributed by atoms with van der Waals surface area (Å²) in [6.45, 7) is 13.2. The minimum Gasteiger partial charge on any atom is -0.496 e. The highest BCUT2D eigenvalue weighted by Gasteiger charge is 2.50. The van der Waals surface area contributed by atoms with E-state index in [-0.39, 0.29) is 0 Å². The van der Waals surface area contributed by atoms with E-state index in [0.717, 1.165) is 11.1 Å². The van der Waals surface area contributed by atoms with Crippen LogP contribution in [0.1, 0.15) is 31.4 Å². The van der Waals surface area contributed by atoms with Gasteiger partial charge in [-0.15, -0.1) is 13.2 Å². The van der Waals surface area contributed by atoms with Crippen LogP contribution in [0.3, 0.4) is 0 Å². The Balaban J connectivity index is 3.65. The molecule has 1 rings (SSSR count). The van der Waals surface area contributed by atoms with E-state index in [1.165, 1.54) is 0 Å². The molecule has 2 atom stereocenters. The maximum absolute atomic E-state index is 11.9. The lowest BCUT2D eigenvalue weighted by atomic mass is 9.60. The predicted molar refractivity (Wildman–Crippen MR) is 85.8 cm³/mol. The zero-order chi connectivity index (χ0) is 16.3. The summed E-state index contributed by atoms with van der Waals surface area (Å²) in [5.41, 5.74) is 0.0269. The number of carboxylic acid groups (broad SMARTS) is 1. The SMILES string of the molecule is C=CCC(C)(C(=O)O)[C@](C)(C=C)c1cc(C)ccc1OC. The van der Waals surface area contributed by atoms with Gasteiger partial charge in [0, 0.05) is 11.0 Å². The molecule has 0 heterocycles. The number of hydrogen-bond acceptors (Lipinski definition) is 2. The Labute approximate surface area is 127 Å². The number of methoxy groups -OCH3 is 1. The summed E-state index contributed by atoms with van der Waals surface area (Å²) in [7, 11) is 1.59. The lowest BCUT2D eigenvalue weighted by Crippen LogP contribution is -2.46. The van der Waals surface area contributed by atoms with Crippen molar-refractivity contribution in [2.75, 3.05) is 7.11 Å². The Morgan fingerprint density at radius 3 is 2.43 bits per heavy atom. The van der Waals surface area contributed by atoms with Gasteiger partial charge < -0.3 is 9.84 Å². The molecule has 0 fully saturated rings. The Morgan fingerprint density at radius 2 is 2.00 bits per heavy atom. The molecule has 0 aliphatic rings. The molecule has 1 aromatic carbocycles. The van der Waals surface area contributed by atoms with Crippen molar-refractivity contribution in [3.8, 4) is 5.75 Å². The van der Waals surface area contributed by atoms with Crippen molar-refractivity contribution < 1.29 is 14.6 Å². The summed E-state index contributed by atoms with van der Waals surface area (Å²) < 4.78 is 5.43. The van der Waals surface area contributed by atoms with Crippen molar-refractivity contribution >= 4 is 5.97 Å². The lowest BCUT2D eigenvalue weighted by molar-refractivity contribution is -0.151. The lowest BCUT2D eigenvalue weighted by Gasteiger charge is -2.42. The largest absolute Gasteiger partial charge is 0.496 e. The van der Waals surface area contributed by atoms with E-state index in [9.17, 15) is 9.90 Å². The molecule has 0 aromatic heterocycles. The van der Waals surface area contributed by atoms with Crippen molar-refractivity contribution in [1.82, 2.24) is 0 Å². The van der Waals surface area contributed by atoms with Crippen molar-refractivity contribution in [1.29, 1.82) is 0 Å². The van der Waals surface area contributed by atoms with Crippen LogP contribution in [0.2, 0.25) is 0 Å². The summed E-state index contributed by atoms with van der Waals surface area (Å²) in [6.07, 6.45) is 3.67. The number of aryl methyl sites for hydroxylation is 1.